The van der Waals surface area contributed by atoms with Gasteiger partial charge in [0.15, 0.2) is 0 Å². The van der Waals surface area contributed by atoms with Crippen molar-refractivity contribution in [3.8, 4) is 0 Å². The molecule has 1 fully saturated rings. The zero-order chi connectivity index (χ0) is 9.98. The van der Waals surface area contributed by atoms with Crippen molar-refractivity contribution < 1.29 is 0 Å². The Morgan fingerprint density at radius 1 is 0.750 bits per heavy atom. The Bertz CT molecular complexity index is 58.4. The maximum absolute atomic E-state index is 2.37. The molecule has 1 saturated carbocycles. The number of hydrogen-bond donors (Lipinski definition) is 0. The van der Waals surface area contributed by atoms with Crippen molar-refractivity contribution in [3.05, 3.63) is 0 Å². The van der Waals surface area contributed by atoms with Gasteiger partial charge in [-0.3, -0.25) is 0 Å². The first-order chi connectivity index (χ1) is 5.79. The first-order valence-corrected chi connectivity index (χ1v) is 5.79. The van der Waals surface area contributed by atoms with Gasteiger partial charge in [-0.2, -0.15) is 0 Å². The fourth-order valence-corrected chi connectivity index (χ4v) is 1.74. The second-order valence-corrected chi connectivity index (χ2v) is 3.38. The SMILES string of the molecule is CC.CC.CC1CCCC(C)C1. The smallest absolute Gasteiger partial charge is 0.0440 e. The molecule has 1 rings (SSSR count). The van der Waals surface area contributed by atoms with Crippen LogP contribution in [0.15, 0.2) is 0 Å². The molecule has 2 atom stereocenters. The molecule has 0 amide bonds. The van der Waals surface area contributed by atoms with Crippen LogP contribution < -0.4 is 0 Å². The van der Waals surface area contributed by atoms with E-state index in [4.69, 9.17) is 0 Å². The molecule has 0 N–H and O–H groups in total. The van der Waals surface area contributed by atoms with E-state index in [1.54, 1.807) is 0 Å². The summed E-state index contributed by atoms with van der Waals surface area (Å²) in [5, 5.41) is 0. The normalized spacial score (nSPS) is 27.5. The first kappa shape index (κ1) is 14.5. The highest BCUT2D eigenvalue weighted by Gasteiger charge is 2.13. The van der Waals surface area contributed by atoms with Crippen molar-refractivity contribution >= 4 is 0 Å². The lowest BCUT2D eigenvalue weighted by atomic mass is 9.84. The van der Waals surface area contributed by atoms with Crippen LogP contribution in [0.3, 0.4) is 0 Å². The van der Waals surface area contributed by atoms with E-state index in [1.807, 2.05) is 27.7 Å². The predicted octanol–water partition coefficient (Wildman–Crippen LogP) is 4.89. The topological polar surface area (TPSA) is 0 Å². The van der Waals surface area contributed by atoms with E-state index in [0.717, 1.165) is 11.8 Å². The maximum Gasteiger partial charge on any atom is -0.0440 e. The summed E-state index contributed by atoms with van der Waals surface area (Å²) in [4.78, 5) is 0. The van der Waals surface area contributed by atoms with Crippen LogP contribution in [0.25, 0.3) is 0 Å². The highest BCUT2D eigenvalue weighted by Crippen LogP contribution is 2.27. The minimum Gasteiger partial charge on any atom is -0.0683 e. The van der Waals surface area contributed by atoms with Crippen molar-refractivity contribution in [1.82, 2.24) is 0 Å². The average molecular weight is 172 g/mol. The highest BCUT2D eigenvalue weighted by atomic mass is 14.2. The predicted molar refractivity (Wildman–Crippen MR) is 59.5 cm³/mol. The molecule has 76 valence electrons. The van der Waals surface area contributed by atoms with Gasteiger partial charge in [-0.25, -0.2) is 0 Å². The van der Waals surface area contributed by atoms with E-state index in [1.165, 1.54) is 25.7 Å². The third-order valence-corrected chi connectivity index (χ3v) is 2.20. The van der Waals surface area contributed by atoms with Gasteiger partial charge < -0.3 is 0 Å². The summed E-state index contributed by atoms with van der Waals surface area (Å²) >= 11 is 0. The van der Waals surface area contributed by atoms with Crippen LogP contribution >= 0.6 is 0 Å². The lowest BCUT2D eigenvalue weighted by Gasteiger charge is -2.22. The van der Waals surface area contributed by atoms with Gasteiger partial charge in [0.05, 0.1) is 0 Å². The second-order valence-electron chi connectivity index (χ2n) is 3.38. The molecule has 0 nitrogen and oxygen atoms in total. The lowest BCUT2D eigenvalue weighted by molar-refractivity contribution is 0.301. The van der Waals surface area contributed by atoms with Gasteiger partial charge >= 0.3 is 0 Å². The van der Waals surface area contributed by atoms with Crippen LogP contribution in [0.2, 0.25) is 0 Å². The molecule has 0 aromatic carbocycles. The molecule has 1 aliphatic carbocycles. The van der Waals surface area contributed by atoms with E-state index < -0.39 is 0 Å². The largest absolute Gasteiger partial charge is 0.0683 e. The molecule has 0 saturated heterocycles. The Morgan fingerprint density at radius 3 is 1.25 bits per heavy atom. The van der Waals surface area contributed by atoms with Gasteiger partial charge in [0.2, 0.25) is 0 Å². The molecule has 0 aromatic rings. The second kappa shape index (κ2) is 11.0. The molecule has 1 aliphatic rings. The summed E-state index contributed by atoms with van der Waals surface area (Å²) in [6.07, 6.45) is 5.90. The Hall–Kier alpha value is 0. The fourth-order valence-electron chi connectivity index (χ4n) is 1.74. The van der Waals surface area contributed by atoms with Gasteiger partial charge in [-0.15, -0.1) is 0 Å². The molecule has 0 aliphatic heterocycles. The zero-order valence-corrected chi connectivity index (χ0v) is 9.98. The van der Waals surface area contributed by atoms with Crippen molar-refractivity contribution in [2.24, 2.45) is 11.8 Å². The van der Waals surface area contributed by atoms with Crippen molar-refractivity contribution in [1.29, 1.82) is 0 Å². The quantitative estimate of drug-likeness (QED) is 0.488. The van der Waals surface area contributed by atoms with Crippen molar-refractivity contribution in [2.45, 2.75) is 67.2 Å². The summed E-state index contributed by atoms with van der Waals surface area (Å²) in [5.41, 5.74) is 0. The van der Waals surface area contributed by atoms with Gasteiger partial charge in [0, 0.05) is 0 Å². The van der Waals surface area contributed by atoms with Crippen LogP contribution in [0.4, 0.5) is 0 Å². The van der Waals surface area contributed by atoms with E-state index in [2.05, 4.69) is 13.8 Å². The Balaban J connectivity index is 0. The molecule has 0 bridgehead atoms. The standard InChI is InChI=1S/C8H16.2C2H6/c1-7-4-3-5-8(2)6-7;2*1-2/h7-8H,3-6H2,1-2H3;2*1-2H3. The van der Waals surface area contributed by atoms with Gasteiger partial charge in [-0.1, -0.05) is 60.8 Å². The molecule has 0 radical (unpaired) electrons. The molecule has 12 heavy (non-hydrogen) atoms. The Labute approximate surface area is 79.8 Å². The first-order valence-electron chi connectivity index (χ1n) is 5.79. The summed E-state index contributed by atoms with van der Waals surface area (Å²) in [7, 11) is 0. The minimum atomic E-state index is 1.01. The lowest BCUT2D eigenvalue weighted by Crippen LogP contribution is -2.09. The zero-order valence-electron chi connectivity index (χ0n) is 9.98. The number of rotatable bonds is 0. The van der Waals surface area contributed by atoms with Crippen LogP contribution in [0.5, 0.6) is 0 Å². The van der Waals surface area contributed by atoms with Crippen LogP contribution in [0.1, 0.15) is 67.2 Å². The summed E-state index contributed by atoms with van der Waals surface area (Å²) in [6, 6.07) is 0. The Morgan fingerprint density at radius 2 is 1.08 bits per heavy atom. The number of hydrogen-bond acceptors (Lipinski definition) is 0. The molecule has 0 heterocycles. The third-order valence-electron chi connectivity index (χ3n) is 2.20. The van der Waals surface area contributed by atoms with E-state index >= 15 is 0 Å². The summed E-state index contributed by atoms with van der Waals surface area (Å²) in [5.74, 6) is 2.03. The monoisotopic (exact) mass is 172 g/mol. The van der Waals surface area contributed by atoms with Crippen molar-refractivity contribution in [3.63, 3.8) is 0 Å². The molecular formula is C12H28. The molecule has 0 aromatic heterocycles. The summed E-state index contributed by atoms with van der Waals surface area (Å²) < 4.78 is 0. The average Bonchev–Trinajstić information content (AvgIpc) is 2.11. The fraction of sp³-hybridized carbons (Fsp3) is 1.00. The summed E-state index contributed by atoms with van der Waals surface area (Å²) in [6.45, 7) is 12.7. The van der Waals surface area contributed by atoms with E-state index in [9.17, 15) is 0 Å². The maximum atomic E-state index is 2.37. The molecule has 0 spiro atoms. The van der Waals surface area contributed by atoms with E-state index in [0.29, 0.717) is 0 Å². The molecule has 2 unspecified atom stereocenters. The van der Waals surface area contributed by atoms with Crippen molar-refractivity contribution in [2.75, 3.05) is 0 Å². The van der Waals surface area contributed by atoms with Gasteiger partial charge in [0.25, 0.3) is 0 Å². The van der Waals surface area contributed by atoms with E-state index in [-0.39, 0.29) is 0 Å². The highest BCUT2D eigenvalue weighted by molar-refractivity contribution is 4.66. The molecular weight excluding hydrogens is 144 g/mol. The van der Waals surface area contributed by atoms with Gasteiger partial charge in [-0.05, 0) is 18.3 Å². The minimum absolute atomic E-state index is 1.01. The van der Waals surface area contributed by atoms with Crippen LogP contribution in [-0.4, -0.2) is 0 Å². The van der Waals surface area contributed by atoms with Crippen LogP contribution in [-0.2, 0) is 0 Å². The third kappa shape index (κ3) is 8.10. The molecule has 0 heteroatoms. The van der Waals surface area contributed by atoms with Gasteiger partial charge in [0.1, 0.15) is 0 Å². The Kier molecular flexibility index (Phi) is 13.3. The van der Waals surface area contributed by atoms with Crippen LogP contribution in [0, 0.1) is 11.8 Å².